The average Bonchev–Trinajstić information content (AvgIpc) is 2.38. The van der Waals surface area contributed by atoms with Gasteiger partial charge in [-0.15, -0.1) is 12.4 Å². The minimum atomic E-state index is -0.991. The van der Waals surface area contributed by atoms with Gasteiger partial charge in [0.15, 0.2) is 0 Å². The van der Waals surface area contributed by atoms with Gasteiger partial charge in [0.2, 0.25) is 5.91 Å². The minimum absolute atomic E-state index is 0. The molecule has 1 aliphatic rings. The first kappa shape index (κ1) is 16.7. The Hall–Kier alpha value is -1.37. The van der Waals surface area contributed by atoms with Crippen LogP contribution in [0.4, 0.5) is 0 Å². The number of fused-ring (bicyclic) bond motifs is 1. The molecule has 0 bridgehead atoms. The van der Waals surface area contributed by atoms with Gasteiger partial charge in [0, 0.05) is 17.8 Å². The summed E-state index contributed by atoms with van der Waals surface area (Å²) >= 11 is 6.09. The third-order valence-corrected chi connectivity index (χ3v) is 3.54. The fourth-order valence-corrected chi connectivity index (χ4v) is 2.59. The molecule has 1 amide bonds. The summed E-state index contributed by atoms with van der Waals surface area (Å²) < 4.78 is 0. The number of aliphatic carboxylic acids is 1. The maximum Gasteiger partial charge on any atom is 0.305 e. The zero-order valence-electron chi connectivity index (χ0n) is 10.6. The summed E-state index contributed by atoms with van der Waals surface area (Å²) in [6, 6.07) is 1.06. The van der Waals surface area contributed by atoms with Crippen LogP contribution in [0.5, 0.6) is 0 Å². The number of nitrogens with two attached hydrogens (primary N) is 1. The number of carbonyl (C=O) groups is 2. The van der Waals surface area contributed by atoms with E-state index in [1.54, 1.807) is 6.07 Å². The second-order valence-electron chi connectivity index (χ2n) is 4.31. The molecule has 0 saturated carbocycles. The SMILES string of the molecule is Cl.NCC(=O)N1CCc2c(Cl)ccnc2C1CC(=O)O. The van der Waals surface area contributed by atoms with Gasteiger partial charge in [-0.3, -0.25) is 14.6 Å². The molecule has 1 unspecified atom stereocenters. The summed E-state index contributed by atoms with van der Waals surface area (Å²) in [4.78, 5) is 28.5. The standard InChI is InChI=1S/C12H14ClN3O3.ClH/c13-8-1-3-15-12-7(8)2-4-16(10(17)6-14)9(12)5-11(18)19;/h1,3,9H,2,4-6,14H2,(H,18,19);1H. The van der Waals surface area contributed by atoms with Crippen molar-refractivity contribution in [3.63, 3.8) is 0 Å². The third-order valence-electron chi connectivity index (χ3n) is 3.19. The Morgan fingerprint density at radius 3 is 2.85 bits per heavy atom. The molecule has 0 saturated heterocycles. The number of pyridine rings is 1. The topological polar surface area (TPSA) is 96.5 Å². The Labute approximate surface area is 127 Å². The number of carboxylic acids is 1. The van der Waals surface area contributed by atoms with E-state index in [-0.39, 0.29) is 31.3 Å². The smallest absolute Gasteiger partial charge is 0.305 e. The molecule has 1 atom stereocenters. The fraction of sp³-hybridized carbons (Fsp3) is 0.417. The minimum Gasteiger partial charge on any atom is -0.481 e. The number of hydrogen-bond acceptors (Lipinski definition) is 4. The second kappa shape index (κ2) is 6.88. The van der Waals surface area contributed by atoms with E-state index in [1.165, 1.54) is 11.1 Å². The molecule has 0 aromatic carbocycles. The van der Waals surface area contributed by atoms with Gasteiger partial charge in [0.05, 0.1) is 24.7 Å². The number of rotatable bonds is 3. The highest BCUT2D eigenvalue weighted by molar-refractivity contribution is 6.31. The molecule has 0 spiro atoms. The van der Waals surface area contributed by atoms with Crippen LogP contribution in [0.1, 0.15) is 23.7 Å². The van der Waals surface area contributed by atoms with Gasteiger partial charge in [0.1, 0.15) is 0 Å². The van der Waals surface area contributed by atoms with E-state index in [9.17, 15) is 9.59 Å². The Balaban J connectivity index is 0.00000200. The van der Waals surface area contributed by atoms with Crippen molar-refractivity contribution in [2.75, 3.05) is 13.1 Å². The van der Waals surface area contributed by atoms with Crippen LogP contribution in [0, 0.1) is 0 Å². The Morgan fingerprint density at radius 2 is 2.25 bits per heavy atom. The summed E-state index contributed by atoms with van der Waals surface area (Å²) in [5.41, 5.74) is 6.74. The molecule has 6 nitrogen and oxygen atoms in total. The molecule has 0 radical (unpaired) electrons. The van der Waals surface area contributed by atoms with E-state index in [1.807, 2.05) is 0 Å². The second-order valence-corrected chi connectivity index (χ2v) is 4.72. The molecule has 3 N–H and O–H groups in total. The average molecular weight is 320 g/mol. The number of aromatic nitrogens is 1. The molecule has 110 valence electrons. The maximum absolute atomic E-state index is 11.8. The zero-order chi connectivity index (χ0) is 14.0. The van der Waals surface area contributed by atoms with E-state index in [2.05, 4.69) is 4.98 Å². The largest absolute Gasteiger partial charge is 0.481 e. The predicted octanol–water partition coefficient (Wildman–Crippen LogP) is 1.02. The number of carboxylic acid groups (broad SMARTS) is 1. The van der Waals surface area contributed by atoms with Crippen molar-refractivity contribution in [3.8, 4) is 0 Å². The van der Waals surface area contributed by atoms with Gasteiger partial charge in [-0.2, -0.15) is 0 Å². The van der Waals surface area contributed by atoms with Gasteiger partial charge in [-0.1, -0.05) is 11.6 Å². The first-order valence-electron chi connectivity index (χ1n) is 5.89. The van der Waals surface area contributed by atoms with Gasteiger partial charge < -0.3 is 15.7 Å². The van der Waals surface area contributed by atoms with E-state index in [0.29, 0.717) is 23.7 Å². The summed E-state index contributed by atoms with van der Waals surface area (Å²) in [5, 5.41) is 9.56. The monoisotopic (exact) mass is 319 g/mol. The van der Waals surface area contributed by atoms with Crippen molar-refractivity contribution in [1.82, 2.24) is 9.88 Å². The first-order chi connectivity index (χ1) is 9.04. The van der Waals surface area contributed by atoms with E-state index >= 15 is 0 Å². The lowest BCUT2D eigenvalue weighted by atomic mass is 9.95. The molecule has 0 aliphatic carbocycles. The fourth-order valence-electron chi connectivity index (χ4n) is 2.34. The molecule has 1 aliphatic heterocycles. The van der Waals surface area contributed by atoms with Gasteiger partial charge in [0.25, 0.3) is 0 Å². The molecule has 8 heteroatoms. The molecular weight excluding hydrogens is 305 g/mol. The summed E-state index contributed by atoms with van der Waals surface area (Å²) in [7, 11) is 0. The van der Waals surface area contributed by atoms with Crippen LogP contribution in [-0.2, 0) is 16.0 Å². The highest BCUT2D eigenvalue weighted by Gasteiger charge is 2.33. The molecule has 2 heterocycles. The Bertz CT molecular complexity index is 525. The highest BCUT2D eigenvalue weighted by atomic mass is 35.5. The van der Waals surface area contributed by atoms with Crippen LogP contribution < -0.4 is 5.73 Å². The number of amides is 1. The van der Waals surface area contributed by atoms with E-state index < -0.39 is 12.0 Å². The van der Waals surface area contributed by atoms with Crippen LogP contribution in [-0.4, -0.2) is 40.0 Å². The lowest BCUT2D eigenvalue weighted by Crippen LogP contribution is -2.44. The number of hydrogen-bond donors (Lipinski definition) is 2. The maximum atomic E-state index is 11.8. The van der Waals surface area contributed by atoms with E-state index in [4.69, 9.17) is 22.4 Å². The van der Waals surface area contributed by atoms with Crippen LogP contribution >= 0.6 is 24.0 Å². The van der Waals surface area contributed by atoms with Gasteiger partial charge in [-0.05, 0) is 18.1 Å². The van der Waals surface area contributed by atoms with Crippen LogP contribution in [0.25, 0.3) is 0 Å². The van der Waals surface area contributed by atoms with Crippen molar-refractivity contribution in [2.24, 2.45) is 5.73 Å². The molecule has 2 rings (SSSR count). The van der Waals surface area contributed by atoms with Crippen molar-refractivity contribution >= 4 is 35.9 Å². The number of nitrogens with zero attached hydrogens (tertiary/aromatic N) is 2. The number of halogens is 2. The van der Waals surface area contributed by atoms with Crippen LogP contribution in [0.2, 0.25) is 5.02 Å². The van der Waals surface area contributed by atoms with Gasteiger partial charge >= 0.3 is 5.97 Å². The van der Waals surface area contributed by atoms with Crippen molar-refractivity contribution in [1.29, 1.82) is 0 Å². The first-order valence-corrected chi connectivity index (χ1v) is 6.27. The number of carbonyl (C=O) groups excluding carboxylic acids is 1. The van der Waals surface area contributed by atoms with Crippen LogP contribution in [0.15, 0.2) is 12.3 Å². The van der Waals surface area contributed by atoms with Crippen LogP contribution in [0.3, 0.4) is 0 Å². The van der Waals surface area contributed by atoms with Crippen molar-refractivity contribution in [3.05, 3.63) is 28.5 Å². The van der Waals surface area contributed by atoms with Crippen molar-refractivity contribution < 1.29 is 14.7 Å². The molecular formula is C12H15Cl2N3O3. The Kier molecular flexibility index (Phi) is 5.74. The molecule has 20 heavy (non-hydrogen) atoms. The quantitative estimate of drug-likeness (QED) is 0.866. The summed E-state index contributed by atoms with van der Waals surface area (Å²) in [6.45, 7) is 0.262. The third kappa shape index (κ3) is 3.20. The molecule has 1 aromatic heterocycles. The molecule has 1 aromatic rings. The highest BCUT2D eigenvalue weighted by Crippen LogP contribution is 2.34. The summed E-state index contributed by atoms with van der Waals surface area (Å²) in [5.74, 6) is -1.27. The predicted molar refractivity (Wildman–Crippen MR) is 76.0 cm³/mol. The lowest BCUT2D eigenvalue weighted by molar-refractivity contribution is -0.141. The van der Waals surface area contributed by atoms with Crippen molar-refractivity contribution in [2.45, 2.75) is 18.9 Å². The lowest BCUT2D eigenvalue weighted by Gasteiger charge is -2.35. The van der Waals surface area contributed by atoms with Gasteiger partial charge in [-0.25, -0.2) is 0 Å². The Morgan fingerprint density at radius 1 is 1.55 bits per heavy atom. The normalized spacial score (nSPS) is 17.1. The molecule has 0 fully saturated rings. The van der Waals surface area contributed by atoms with E-state index in [0.717, 1.165) is 5.56 Å². The zero-order valence-corrected chi connectivity index (χ0v) is 12.2. The summed E-state index contributed by atoms with van der Waals surface area (Å²) in [6.07, 6.45) is 1.88.